The van der Waals surface area contributed by atoms with Gasteiger partial charge in [-0.1, -0.05) is 129 Å². The number of hydrogen-bond acceptors (Lipinski definition) is 4. The summed E-state index contributed by atoms with van der Waals surface area (Å²) in [6.07, 6.45) is 26.0. The smallest absolute Gasteiger partial charge is 0.0562 e. The molecule has 0 saturated heterocycles. The normalized spacial score (nSPS) is 12.9. The Morgan fingerprint density at radius 1 is 0.375 bits per heavy atom. The fourth-order valence-corrected chi connectivity index (χ4v) is 3.97. The van der Waals surface area contributed by atoms with Gasteiger partial charge in [-0.25, -0.2) is 0 Å². The van der Waals surface area contributed by atoms with Crippen LogP contribution in [0.2, 0.25) is 0 Å². The monoisotopic (exact) mass is 460 g/mol. The topological polar surface area (TPSA) is 80.9 Å². The summed E-state index contributed by atoms with van der Waals surface area (Å²) in [5.74, 6) is 0. The highest BCUT2D eigenvalue weighted by molar-refractivity contribution is 4.56. The average Bonchev–Trinajstić information content (AvgIpc) is 2.78. The maximum atomic E-state index is 9.43. The zero-order valence-corrected chi connectivity index (χ0v) is 21.9. The minimum Gasteiger partial charge on any atom is -0.396 e. The van der Waals surface area contributed by atoms with E-state index in [1.807, 2.05) is 0 Å². The molecule has 0 rings (SSSR count). The highest BCUT2D eigenvalue weighted by atomic mass is 16.3. The van der Waals surface area contributed by atoms with Crippen molar-refractivity contribution >= 4 is 0 Å². The van der Waals surface area contributed by atoms with Crippen molar-refractivity contribution in [2.75, 3.05) is 13.2 Å². The molecule has 0 aromatic carbocycles. The van der Waals surface area contributed by atoms with Gasteiger partial charge in [0.1, 0.15) is 0 Å². The van der Waals surface area contributed by atoms with Crippen LogP contribution in [0.15, 0.2) is 0 Å². The maximum absolute atomic E-state index is 9.43. The Hall–Kier alpha value is -0.160. The third-order valence-electron chi connectivity index (χ3n) is 6.21. The van der Waals surface area contributed by atoms with E-state index >= 15 is 0 Å². The molecule has 2 unspecified atom stereocenters. The van der Waals surface area contributed by atoms with E-state index in [9.17, 15) is 10.2 Å². The SMILES string of the molecule is CCCCCCCCCC(O)CCO.CCCCCCCCCCCCCC(O)CCO. The second-order valence-corrected chi connectivity index (χ2v) is 9.57. The van der Waals surface area contributed by atoms with Gasteiger partial charge in [0.05, 0.1) is 12.2 Å². The van der Waals surface area contributed by atoms with Gasteiger partial charge in [-0.2, -0.15) is 0 Å². The van der Waals surface area contributed by atoms with Crippen molar-refractivity contribution in [1.82, 2.24) is 0 Å². The Bertz CT molecular complexity index is 312. The number of hydrogen-bond donors (Lipinski definition) is 4. The predicted octanol–water partition coefficient (Wildman–Crippen LogP) is 7.30. The second-order valence-electron chi connectivity index (χ2n) is 9.57. The molecule has 4 heteroatoms. The van der Waals surface area contributed by atoms with E-state index in [2.05, 4.69) is 13.8 Å². The summed E-state index contributed by atoms with van der Waals surface area (Å²) in [5, 5.41) is 36.0. The van der Waals surface area contributed by atoms with Crippen molar-refractivity contribution in [1.29, 1.82) is 0 Å². The van der Waals surface area contributed by atoms with Crippen LogP contribution in [0.25, 0.3) is 0 Å². The Kier molecular flexibility index (Phi) is 32.8. The van der Waals surface area contributed by atoms with E-state index in [-0.39, 0.29) is 25.4 Å². The number of aliphatic hydroxyl groups is 4. The van der Waals surface area contributed by atoms with Gasteiger partial charge >= 0.3 is 0 Å². The van der Waals surface area contributed by atoms with Gasteiger partial charge in [0.2, 0.25) is 0 Å². The van der Waals surface area contributed by atoms with Crippen LogP contribution in [0, 0.1) is 0 Å². The number of rotatable bonds is 24. The Morgan fingerprint density at radius 2 is 0.625 bits per heavy atom. The molecule has 196 valence electrons. The first kappa shape index (κ1) is 34.0. The van der Waals surface area contributed by atoms with Gasteiger partial charge in [-0.15, -0.1) is 0 Å². The molecule has 0 spiro atoms. The summed E-state index contributed by atoms with van der Waals surface area (Å²) in [7, 11) is 0. The molecule has 2 atom stereocenters. The quantitative estimate of drug-likeness (QED) is 0.114. The average molecular weight is 461 g/mol. The van der Waals surface area contributed by atoms with Gasteiger partial charge in [-0.3, -0.25) is 0 Å². The van der Waals surface area contributed by atoms with E-state index in [1.54, 1.807) is 0 Å². The van der Waals surface area contributed by atoms with Gasteiger partial charge < -0.3 is 20.4 Å². The molecule has 0 fully saturated rings. The van der Waals surface area contributed by atoms with E-state index in [0.29, 0.717) is 12.8 Å². The molecule has 0 aromatic heterocycles. The maximum Gasteiger partial charge on any atom is 0.0562 e. The highest BCUT2D eigenvalue weighted by Crippen LogP contribution is 2.13. The van der Waals surface area contributed by atoms with Gasteiger partial charge in [0, 0.05) is 13.2 Å². The first-order valence-electron chi connectivity index (χ1n) is 14.2. The van der Waals surface area contributed by atoms with Crippen LogP contribution < -0.4 is 0 Å². The first-order valence-corrected chi connectivity index (χ1v) is 14.2. The minimum atomic E-state index is -0.284. The lowest BCUT2D eigenvalue weighted by molar-refractivity contribution is 0.122. The standard InChI is InChI=1S/C16H34O2.C12H26O2/c1-2-3-4-5-6-7-8-9-10-11-12-13-16(18)14-15-17;1-2-3-4-5-6-7-8-9-12(14)10-11-13/h16-18H,2-15H2,1H3;12-14H,2-11H2,1H3. The van der Waals surface area contributed by atoms with Crippen molar-refractivity contribution < 1.29 is 20.4 Å². The molecule has 0 saturated carbocycles. The van der Waals surface area contributed by atoms with Gasteiger partial charge in [0.25, 0.3) is 0 Å². The molecule has 0 aliphatic heterocycles. The Labute approximate surface area is 201 Å². The highest BCUT2D eigenvalue weighted by Gasteiger charge is 2.02. The summed E-state index contributed by atoms with van der Waals surface area (Å²) in [4.78, 5) is 0. The molecule has 0 radical (unpaired) electrons. The largest absolute Gasteiger partial charge is 0.396 e. The minimum absolute atomic E-state index is 0.109. The number of aliphatic hydroxyl groups excluding tert-OH is 4. The zero-order valence-electron chi connectivity index (χ0n) is 21.9. The van der Waals surface area contributed by atoms with Crippen LogP contribution in [0.3, 0.4) is 0 Å². The lowest BCUT2D eigenvalue weighted by Gasteiger charge is -2.08. The summed E-state index contributed by atoms with van der Waals surface area (Å²) >= 11 is 0. The lowest BCUT2D eigenvalue weighted by atomic mass is 10.0. The second kappa shape index (κ2) is 30.8. The van der Waals surface area contributed by atoms with Crippen LogP contribution >= 0.6 is 0 Å². The van der Waals surface area contributed by atoms with E-state index in [4.69, 9.17) is 10.2 Å². The molecule has 0 aliphatic carbocycles. The Morgan fingerprint density at radius 3 is 0.875 bits per heavy atom. The first-order chi connectivity index (χ1) is 15.6. The van der Waals surface area contributed by atoms with Crippen molar-refractivity contribution in [3.05, 3.63) is 0 Å². The summed E-state index contributed by atoms with van der Waals surface area (Å²) in [6, 6.07) is 0. The summed E-state index contributed by atoms with van der Waals surface area (Å²) in [6.45, 7) is 4.71. The molecular formula is C28H60O4. The lowest BCUT2D eigenvalue weighted by Crippen LogP contribution is -2.08. The third kappa shape index (κ3) is 32.0. The van der Waals surface area contributed by atoms with Crippen LogP contribution in [-0.2, 0) is 0 Å². The fraction of sp³-hybridized carbons (Fsp3) is 1.00. The summed E-state index contributed by atoms with van der Waals surface area (Å²) in [5.41, 5.74) is 0. The zero-order chi connectivity index (χ0) is 24.1. The predicted molar refractivity (Wildman–Crippen MR) is 139 cm³/mol. The molecule has 32 heavy (non-hydrogen) atoms. The van der Waals surface area contributed by atoms with Crippen molar-refractivity contribution in [2.24, 2.45) is 0 Å². The molecule has 0 bridgehead atoms. The Balaban J connectivity index is 0. The molecule has 4 N–H and O–H groups in total. The van der Waals surface area contributed by atoms with Gasteiger partial charge in [-0.05, 0) is 25.7 Å². The molecule has 0 amide bonds. The van der Waals surface area contributed by atoms with Crippen LogP contribution in [-0.4, -0.2) is 45.8 Å². The molecular weight excluding hydrogens is 400 g/mol. The molecule has 0 heterocycles. The fourth-order valence-electron chi connectivity index (χ4n) is 3.97. The van der Waals surface area contributed by atoms with Crippen molar-refractivity contribution in [3.63, 3.8) is 0 Å². The van der Waals surface area contributed by atoms with Crippen LogP contribution in [0.5, 0.6) is 0 Å². The third-order valence-corrected chi connectivity index (χ3v) is 6.21. The summed E-state index contributed by atoms with van der Waals surface area (Å²) < 4.78 is 0. The molecule has 4 nitrogen and oxygen atoms in total. The van der Waals surface area contributed by atoms with Crippen molar-refractivity contribution in [2.45, 2.75) is 167 Å². The van der Waals surface area contributed by atoms with E-state index in [1.165, 1.54) is 103 Å². The molecule has 0 aromatic rings. The number of unbranched alkanes of at least 4 members (excludes halogenated alkanes) is 16. The van der Waals surface area contributed by atoms with Gasteiger partial charge in [0.15, 0.2) is 0 Å². The van der Waals surface area contributed by atoms with Crippen LogP contribution in [0.1, 0.15) is 155 Å². The molecule has 0 aliphatic rings. The van der Waals surface area contributed by atoms with Crippen LogP contribution in [0.4, 0.5) is 0 Å². The van der Waals surface area contributed by atoms with Crippen molar-refractivity contribution in [3.8, 4) is 0 Å². The van der Waals surface area contributed by atoms with E-state index < -0.39 is 0 Å². The van der Waals surface area contributed by atoms with E-state index in [0.717, 1.165) is 25.7 Å².